The number of hydrogen-bond acceptors (Lipinski definition) is 4. The highest BCUT2D eigenvalue weighted by atomic mass is 19.4. The van der Waals surface area contributed by atoms with Crippen LogP contribution in [0.4, 0.5) is 13.2 Å². The van der Waals surface area contributed by atoms with Gasteiger partial charge in [-0.15, -0.1) is 0 Å². The fraction of sp³-hybridized carbons (Fsp3) is 0.522. The molecule has 2 heterocycles. The van der Waals surface area contributed by atoms with Gasteiger partial charge in [0.25, 0.3) is 0 Å². The third kappa shape index (κ3) is 4.96. The summed E-state index contributed by atoms with van der Waals surface area (Å²) < 4.78 is 40.7. The van der Waals surface area contributed by atoms with Crippen molar-refractivity contribution in [2.24, 2.45) is 5.92 Å². The number of nitrogens with zero attached hydrogens (tertiary/aromatic N) is 5. The Labute approximate surface area is 186 Å². The summed E-state index contributed by atoms with van der Waals surface area (Å²) in [6.07, 6.45) is -4.30. The lowest BCUT2D eigenvalue weighted by atomic mass is 10.0. The van der Waals surface area contributed by atoms with Crippen LogP contribution >= 0.6 is 0 Å². The van der Waals surface area contributed by atoms with Gasteiger partial charge in [-0.25, -0.2) is 4.68 Å². The van der Waals surface area contributed by atoms with Crippen molar-refractivity contribution in [2.45, 2.75) is 46.3 Å². The maximum absolute atomic E-state index is 13.1. The second-order valence-electron chi connectivity index (χ2n) is 8.52. The highest BCUT2D eigenvalue weighted by Gasteiger charge is 2.31. The van der Waals surface area contributed by atoms with Gasteiger partial charge < -0.3 is 4.90 Å². The van der Waals surface area contributed by atoms with Crippen molar-refractivity contribution in [3.05, 3.63) is 46.8 Å². The summed E-state index contributed by atoms with van der Waals surface area (Å²) in [5.41, 5.74) is 1.57. The van der Waals surface area contributed by atoms with Gasteiger partial charge in [0, 0.05) is 37.4 Å². The Kier molecular flexibility index (Phi) is 6.94. The van der Waals surface area contributed by atoms with Gasteiger partial charge in [-0.2, -0.15) is 23.5 Å². The number of rotatable bonds is 5. The molecule has 1 aromatic heterocycles. The first kappa shape index (κ1) is 23.8. The summed E-state index contributed by atoms with van der Waals surface area (Å²) >= 11 is 0. The lowest BCUT2D eigenvalue weighted by molar-refractivity contribution is -0.137. The van der Waals surface area contributed by atoms with E-state index in [-0.39, 0.29) is 24.3 Å². The fourth-order valence-electron chi connectivity index (χ4n) is 4.16. The number of benzene rings is 1. The predicted octanol–water partition coefficient (Wildman–Crippen LogP) is 3.74. The van der Waals surface area contributed by atoms with Crippen LogP contribution in [0.5, 0.6) is 0 Å². The molecule has 0 N–H and O–H groups in total. The lowest BCUT2D eigenvalue weighted by Gasteiger charge is -2.38. The van der Waals surface area contributed by atoms with E-state index < -0.39 is 11.7 Å². The first-order chi connectivity index (χ1) is 15.0. The van der Waals surface area contributed by atoms with E-state index in [0.29, 0.717) is 43.3 Å². The van der Waals surface area contributed by atoms with E-state index in [9.17, 15) is 23.2 Å². The van der Waals surface area contributed by atoms with Gasteiger partial charge in [0.05, 0.1) is 29.4 Å². The summed E-state index contributed by atoms with van der Waals surface area (Å²) in [5, 5.41) is 13.8. The number of halogens is 3. The van der Waals surface area contributed by atoms with Gasteiger partial charge in [0.1, 0.15) is 6.04 Å². The summed E-state index contributed by atoms with van der Waals surface area (Å²) in [7, 11) is 0. The van der Waals surface area contributed by atoms with Crippen molar-refractivity contribution in [1.29, 1.82) is 5.26 Å². The number of aryl methyl sites for hydroxylation is 1. The third-order valence-electron chi connectivity index (χ3n) is 6.01. The molecule has 0 spiro atoms. The number of carbonyl (C=O) groups is 1. The second kappa shape index (κ2) is 9.33. The maximum atomic E-state index is 13.1. The molecule has 1 aliphatic rings. The van der Waals surface area contributed by atoms with Crippen LogP contribution in [0.3, 0.4) is 0 Å². The standard InChI is InChI=1S/C23H28F3N5O/c1-15(2)21(14-27)29-8-10-30(11-9-29)22(32)13-20-16(3)28-31(17(20)4)19-7-5-6-18(12-19)23(24,25)26/h5-7,12,15,21H,8-11,13H2,1-4H3. The van der Waals surface area contributed by atoms with Crippen molar-refractivity contribution in [1.82, 2.24) is 19.6 Å². The van der Waals surface area contributed by atoms with Crippen LogP contribution in [0.15, 0.2) is 24.3 Å². The first-order valence-electron chi connectivity index (χ1n) is 10.7. The number of aromatic nitrogens is 2. The molecule has 1 amide bonds. The zero-order chi connectivity index (χ0) is 23.6. The van der Waals surface area contributed by atoms with Gasteiger partial charge in [0.15, 0.2) is 0 Å². The minimum absolute atomic E-state index is 0.0440. The summed E-state index contributed by atoms with van der Waals surface area (Å²) in [5.74, 6) is 0.173. The number of alkyl halides is 3. The predicted molar refractivity (Wildman–Crippen MR) is 114 cm³/mol. The Morgan fingerprint density at radius 2 is 1.84 bits per heavy atom. The summed E-state index contributed by atoms with van der Waals surface area (Å²) in [4.78, 5) is 16.8. The molecule has 2 aromatic rings. The van der Waals surface area contributed by atoms with Gasteiger partial charge in [-0.1, -0.05) is 19.9 Å². The Hall–Kier alpha value is -2.86. The number of nitriles is 1. The fourth-order valence-corrected chi connectivity index (χ4v) is 4.16. The molecule has 3 rings (SSSR count). The summed E-state index contributed by atoms with van der Waals surface area (Å²) in [6.45, 7) is 9.93. The minimum atomic E-state index is -4.44. The first-order valence-corrected chi connectivity index (χ1v) is 10.7. The zero-order valence-corrected chi connectivity index (χ0v) is 18.8. The SMILES string of the molecule is Cc1nn(-c2cccc(C(F)(F)F)c2)c(C)c1CC(=O)N1CCN(C(C#N)C(C)C)CC1. The molecular weight excluding hydrogens is 419 g/mol. The van der Waals surface area contributed by atoms with Crippen LogP contribution < -0.4 is 0 Å². The van der Waals surface area contributed by atoms with Crippen LogP contribution in [0.2, 0.25) is 0 Å². The molecule has 1 aromatic carbocycles. The van der Waals surface area contributed by atoms with Gasteiger partial charge >= 0.3 is 6.18 Å². The average Bonchev–Trinajstić information content (AvgIpc) is 3.02. The van der Waals surface area contributed by atoms with Crippen LogP contribution in [0, 0.1) is 31.1 Å². The Balaban J connectivity index is 1.73. The molecule has 1 unspecified atom stereocenters. The molecule has 0 radical (unpaired) electrons. The molecule has 1 saturated heterocycles. The van der Waals surface area contributed by atoms with Crippen molar-refractivity contribution >= 4 is 5.91 Å². The number of hydrogen-bond donors (Lipinski definition) is 0. The van der Waals surface area contributed by atoms with E-state index in [1.165, 1.54) is 10.7 Å². The number of amides is 1. The van der Waals surface area contributed by atoms with Crippen LogP contribution in [-0.2, 0) is 17.4 Å². The molecule has 0 saturated carbocycles. The van der Waals surface area contributed by atoms with Crippen molar-refractivity contribution in [3.63, 3.8) is 0 Å². The number of piperazine rings is 1. The highest BCUT2D eigenvalue weighted by Crippen LogP contribution is 2.31. The molecule has 172 valence electrons. The molecule has 32 heavy (non-hydrogen) atoms. The normalized spacial score (nSPS) is 16.3. The minimum Gasteiger partial charge on any atom is -0.340 e. The van der Waals surface area contributed by atoms with Gasteiger partial charge in [-0.05, 0) is 38.0 Å². The molecule has 9 heteroatoms. The van der Waals surface area contributed by atoms with Crippen LogP contribution in [0.1, 0.15) is 36.4 Å². The average molecular weight is 448 g/mol. The molecule has 1 atom stereocenters. The smallest absolute Gasteiger partial charge is 0.340 e. The zero-order valence-electron chi connectivity index (χ0n) is 18.8. The summed E-state index contributed by atoms with van der Waals surface area (Å²) in [6, 6.07) is 7.18. The third-order valence-corrected chi connectivity index (χ3v) is 6.01. The van der Waals surface area contributed by atoms with Crippen molar-refractivity contribution in [2.75, 3.05) is 26.2 Å². The highest BCUT2D eigenvalue weighted by molar-refractivity contribution is 5.79. The second-order valence-corrected chi connectivity index (χ2v) is 8.52. The largest absolute Gasteiger partial charge is 0.416 e. The van der Waals surface area contributed by atoms with E-state index in [1.54, 1.807) is 24.8 Å². The van der Waals surface area contributed by atoms with Crippen molar-refractivity contribution in [3.8, 4) is 11.8 Å². The Bertz CT molecular complexity index is 1010. The molecule has 0 aliphatic carbocycles. The van der Waals surface area contributed by atoms with E-state index >= 15 is 0 Å². The monoisotopic (exact) mass is 447 g/mol. The van der Waals surface area contributed by atoms with Crippen LogP contribution in [-0.4, -0.2) is 57.7 Å². The molecule has 1 fully saturated rings. The Morgan fingerprint density at radius 3 is 2.41 bits per heavy atom. The quantitative estimate of drug-likeness (QED) is 0.701. The van der Waals surface area contributed by atoms with E-state index in [2.05, 4.69) is 16.1 Å². The molecule has 1 aliphatic heterocycles. The lowest BCUT2D eigenvalue weighted by Crippen LogP contribution is -2.53. The number of carbonyl (C=O) groups excluding carboxylic acids is 1. The maximum Gasteiger partial charge on any atom is 0.416 e. The molecule has 0 bridgehead atoms. The van der Waals surface area contributed by atoms with Gasteiger partial charge in [-0.3, -0.25) is 9.69 Å². The van der Waals surface area contributed by atoms with E-state index in [1.807, 2.05) is 13.8 Å². The van der Waals surface area contributed by atoms with E-state index in [4.69, 9.17) is 0 Å². The topological polar surface area (TPSA) is 65.2 Å². The van der Waals surface area contributed by atoms with Crippen LogP contribution in [0.25, 0.3) is 5.69 Å². The van der Waals surface area contributed by atoms with Gasteiger partial charge in [0.2, 0.25) is 5.91 Å². The van der Waals surface area contributed by atoms with E-state index in [0.717, 1.165) is 17.7 Å². The Morgan fingerprint density at radius 1 is 1.19 bits per heavy atom. The molecular formula is C23H28F3N5O. The van der Waals surface area contributed by atoms with Crippen molar-refractivity contribution < 1.29 is 18.0 Å². The molecule has 6 nitrogen and oxygen atoms in total.